The van der Waals surface area contributed by atoms with Crippen molar-refractivity contribution in [2.75, 3.05) is 0 Å². The van der Waals surface area contributed by atoms with Crippen LogP contribution in [0.25, 0.3) is 5.57 Å². The summed E-state index contributed by atoms with van der Waals surface area (Å²) in [6, 6.07) is 27.1. The molecule has 1 heterocycles. The predicted octanol–water partition coefficient (Wildman–Crippen LogP) is 6.57. The number of benzene rings is 3. The maximum absolute atomic E-state index is 9.76. The van der Waals surface area contributed by atoms with Gasteiger partial charge in [0.05, 0.1) is 11.6 Å². The standard InChI is InChI=1S/C23H15Cl2NO/c24-20-10-6-16(7-11-20)18(15-26)14-23(19-4-2-1-3-5-19)22(27-23)17-8-12-21(25)13-9-17/h1-14,22H/b18-14+/t22-,23-/m0/s1. The average molecular weight is 392 g/mol. The smallest absolute Gasteiger partial charge is 0.144 e. The van der Waals surface area contributed by atoms with Crippen LogP contribution in [0.5, 0.6) is 0 Å². The Morgan fingerprint density at radius 2 is 1.48 bits per heavy atom. The molecule has 4 rings (SSSR count). The summed E-state index contributed by atoms with van der Waals surface area (Å²) in [7, 11) is 0. The summed E-state index contributed by atoms with van der Waals surface area (Å²) in [5.41, 5.74) is 2.70. The van der Waals surface area contributed by atoms with Gasteiger partial charge in [0.2, 0.25) is 0 Å². The molecule has 27 heavy (non-hydrogen) atoms. The van der Waals surface area contributed by atoms with Gasteiger partial charge in [-0.05, 0) is 47.0 Å². The second-order valence-corrected chi connectivity index (χ2v) is 7.26. The fourth-order valence-electron chi connectivity index (χ4n) is 3.25. The summed E-state index contributed by atoms with van der Waals surface area (Å²) >= 11 is 12.0. The minimum absolute atomic E-state index is 0.173. The molecular weight excluding hydrogens is 377 g/mol. The molecule has 4 heteroatoms. The number of hydrogen-bond acceptors (Lipinski definition) is 2. The van der Waals surface area contributed by atoms with Crippen molar-refractivity contribution in [2.24, 2.45) is 0 Å². The number of nitriles is 1. The third-order valence-electron chi connectivity index (χ3n) is 4.68. The fraction of sp³-hybridized carbons (Fsp3) is 0.0870. The monoisotopic (exact) mass is 391 g/mol. The first-order valence-corrected chi connectivity index (χ1v) is 9.26. The summed E-state index contributed by atoms with van der Waals surface area (Å²) < 4.78 is 6.20. The Kier molecular flexibility index (Phi) is 4.76. The Morgan fingerprint density at radius 3 is 2.07 bits per heavy atom. The van der Waals surface area contributed by atoms with Crippen LogP contribution in [0.1, 0.15) is 22.8 Å². The van der Waals surface area contributed by atoms with E-state index in [1.165, 1.54) is 0 Å². The van der Waals surface area contributed by atoms with Crippen LogP contribution in [-0.4, -0.2) is 0 Å². The number of halogens is 2. The van der Waals surface area contributed by atoms with E-state index in [-0.39, 0.29) is 6.10 Å². The molecule has 2 nitrogen and oxygen atoms in total. The van der Waals surface area contributed by atoms with Gasteiger partial charge < -0.3 is 4.74 Å². The molecule has 1 saturated heterocycles. The Bertz CT molecular complexity index is 1020. The third kappa shape index (κ3) is 3.50. The van der Waals surface area contributed by atoms with Gasteiger partial charge in [0.25, 0.3) is 0 Å². The molecule has 3 aromatic carbocycles. The normalized spacial score (nSPS) is 21.5. The van der Waals surface area contributed by atoms with Crippen LogP contribution >= 0.6 is 23.2 Å². The van der Waals surface area contributed by atoms with Crippen molar-refractivity contribution >= 4 is 28.8 Å². The fourth-order valence-corrected chi connectivity index (χ4v) is 3.50. The zero-order valence-corrected chi connectivity index (χ0v) is 15.8. The number of ether oxygens (including phenoxy) is 1. The van der Waals surface area contributed by atoms with Gasteiger partial charge in [-0.15, -0.1) is 0 Å². The van der Waals surface area contributed by atoms with Crippen molar-refractivity contribution in [3.8, 4) is 6.07 Å². The molecule has 0 saturated carbocycles. The second-order valence-electron chi connectivity index (χ2n) is 6.39. The highest BCUT2D eigenvalue weighted by molar-refractivity contribution is 6.30. The van der Waals surface area contributed by atoms with E-state index in [9.17, 15) is 5.26 Å². The van der Waals surface area contributed by atoms with Gasteiger partial charge in [0, 0.05) is 10.0 Å². The predicted molar refractivity (Wildman–Crippen MR) is 108 cm³/mol. The summed E-state index contributed by atoms with van der Waals surface area (Å²) in [6.45, 7) is 0. The van der Waals surface area contributed by atoms with Gasteiger partial charge in [-0.1, -0.05) is 77.8 Å². The van der Waals surface area contributed by atoms with E-state index in [4.69, 9.17) is 27.9 Å². The molecule has 0 unspecified atom stereocenters. The van der Waals surface area contributed by atoms with Crippen molar-refractivity contribution in [1.82, 2.24) is 0 Å². The lowest BCUT2D eigenvalue weighted by molar-refractivity contribution is 0.335. The SMILES string of the molecule is N#C/C(=C\[C@@]1(c2ccccc2)O[C@H]1c1ccc(Cl)cc1)c1ccc(Cl)cc1. The van der Waals surface area contributed by atoms with Crippen LogP contribution in [-0.2, 0) is 10.3 Å². The number of allylic oxidation sites excluding steroid dienone is 1. The molecule has 0 aromatic heterocycles. The van der Waals surface area contributed by atoms with Gasteiger partial charge in [-0.25, -0.2) is 0 Å². The molecule has 0 aliphatic carbocycles. The van der Waals surface area contributed by atoms with Crippen LogP contribution in [0.4, 0.5) is 0 Å². The molecule has 1 aliphatic heterocycles. The van der Waals surface area contributed by atoms with E-state index in [0.717, 1.165) is 16.7 Å². The highest BCUT2D eigenvalue weighted by Crippen LogP contribution is 2.59. The molecule has 3 aromatic rings. The first-order chi connectivity index (χ1) is 13.1. The number of hydrogen-bond donors (Lipinski definition) is 0. The zero-order chi connectivity index (χ0) is 18.9. The van der Waals surface area contributed by atoms with E-state index < -0.39 is 5.60 Å². The third-order valence-corrected chi connectivity index (χ3v) is 5.18. The summed E-state index contributed by atoms with van der Waals surface area (Å²) in [5.74, 6) is 0. The first kappa shape index (κ1) is 17.8. The Labute approximate surface area is 168 Å². The topological polar surface area (TPSA) is 36.3 Å². The second kappa shape index (κ2) is 7.21. The van der Waals surface area contributed by atoms with Gasteiger partial charge >= 0.3 is 0 Å². The van der Waals surface area contributed by atoms with E-state index >= 15 is 0 Å². The summed E-state index contributed by atoms with van der Waals surface area (Å²) in [4.78, 5) is 0. The molecule has 2 atom stereocenters. The highest BCUT2D eigenvalue weighted by Gasteiger charge is 2.57. The lowest BCUT2D eigenvalue weighted by atomic mass is 9.88. The van der Waals surface area contributed by atoms with Crippen molar-refractivity contribution < 1.29 is 4.74 Å². The van der Waals surface area contributed by atoms with Crippen molar-refractivity contribution in [1.29, 1.82) is 5.26 Å². The lowest BCUT2D eigenvalue weighted by Crippen LogP contribution is -2.07. The number of rotatable bonds is 4. The maximum atomic E-state index is 9.76. The summed E-state index contributed by atoms with van der Waals surface area (Å²) in [6.07, 6.45) is 1.73. The molecule has 0 spiro atoms. The van der Waals surface area contributed by atoms with Gasteiger partial charge in [-0.2, -0.15) is 5.26 Å². The molecule has 0 bridgehead atoms. The van der Waals surface area contributed by atoms with Gasteiger partial charge in [-0.3, -0.25) is 0 Å². The van der Waals surface area contributed by atoms with E-state index in [1.807, 2.05) is 72.8 Å². The minimum Gasteiger partial charge on any atom is -0.351 e. The molecular formula is C23H15Cl2NO. The molecule has 0 N–H and O–H groups in total. The molecule has 1 aliphatic rings. The Morgan fingerprint density at radius 1 is 0.889 bits per heavy atom. The lowest BCUT2D eigenvalue weighted by Gasteiger charge is -2.11. The van der Waals surface area contributed by atoms with Crippen LogP contribution in [0.15, 0.2) is 84.9 Å². The van der Waals surface area contributed by atoms with Crippen LogP contribution in [0.2, 0.25) is 10.0 Å². The zero-order valence-electron chi connectivity index (χ0n) is 14.3. The van der Waals surface area contributed by atoms with Gasteiger partial charge in [0.1, 0.15) is 11.7 Å². The molecule has 0 radical (unpaired) electrons. The quantitative estimate of drug-likeness (QED) is 0.372. The molecule has 0 amide bonds. The highest BCUT2D eigenvalue weighted by atomic mass is 35.5. The minimum atomic E-state index is -0.681. The summed E-state index contributed by atoms with van der Waals surface area (Å²) in [5, 5.41) is 11.1. The Hall–Kier alpha value is -2.57. The van der Waals surface area contributed by atoms with E-state index in [1.54, 1.807) is 12.1 Å². The maximum Gasteiger partial charge on any atom is 0.144 e. The van der Waals surface area contributed by atoms with Crippen molar-refractivity contribution in [3.63, 3.8) is 0 Å². The van der Waals surface area contributed by atoms with Crippen LogP contribution < -0.4 is 0 Å². The van der Waals surface area contributed by atoms with Crippen molar-refractivity contribution in [3.05, 3.63) is 112 Å². The Balaban J connectivity index is 1.79. The first-order valence-electron chi connectivity index (χ1n) is 8.50. The van der Waals surface area contributed by atoms with Crippen LogP contribution in [0.3, 0.4) is 0 Å². The van der Waals surface area contributed by atoms with E-state index in [0.29, 0.717) is 15.6 Å². The average Bonchev–Trinajstić information content (AvgIpc) is 3.44. The van der Waals surface area contributed by atoms with E-state index in [2.05, 4.69) is 6.07 Å². The number of epoxide rings is 1. The van der Waals surface area contributed by atoms with Gasteiger partial charge in [0.15, 0.2) is 0 Å². The van der Waals surface area contributed by atoms with Crippen molar-refractivity contribution in [2.45, 2.75) is 11.7 Å². The molecule has 132 valence electrons. The van der Waals surface area contributed by atoms with Crippen LogP contribution in [0, 0.1) is 11.3 Å². The largest absolute Gasteiger partial charge is 0.351 e. The number of nitrogens with zero attached hydrogens (tertiary/aromatic N) is 1. The molecule has 1 fully saturated rings.